The number of para-hydroxylation sites is 2. The summed E-state index contributed by atoms with van der Waals surface area (Å²) < 4.78 is 7.45. The van der Waals surface area contributed by atoms with Crippen molar-refractivity contribution >= 4 is 16.8 Å². The molecule has 0 bridgehead atoms. The minimum Gasteiger partial charge on any atom is -0.496 e. The minimum atomic E-state index is 0.0751. The van der Waals surface area contributed by atoms with Gasteiger partial charge in [0.15, 0.2) is 0 Å². The van der Waals surface area contributed by atoms with Gasteiger partial charge in [0.2, 0.25) is 5.91 Å². The molecule has 4 nitrogen and oxygen atoms in total. The number of nitrogens with one attached hydrogen (secondary N) is 1. The van der Waals surface area contributed by atoms with E-state index in [-0.39, 0.29) is 5.91 Å². The molecule has 0 radical (unpaired) electrons. The van der Waals surface area contributed by atoms with Crippen molar-refractivity contribution in [2.45, 2.75) is 25.8 Å². The molecular weight excluding hydrogens is 312 g/mol. The van der Waals surface area contributed by atoms with E-state index in [2.05, 4.69) is 47.4 Å². The number of hydrogen-bond acceptors (Lipinski definition) is 2. The van der Waals surface area contributed by atoms with Crippen molar-refractivity contribution in [1.29, 1.82) is 0 Å². The van der Waals surface area contributed by atoms with E-state index in [1.165, 1.54) is 16.5 Å². The van der Waals surface area contributed by atoms with Crippen LogP contribution in [0.4, 0.5) is 0 Å². The first kappa shape index (κ1) is 17.1. The van der Waals surface area contributed by atoms with Crippen LogP contribution in [0.5, 0.6) is 5.75 Å². The zero-order valence-electron chi connectivity index (χ0n) is 14.8. The lowest BCUT2D eigenvalue weighted by Crippen LogP contribution is -2.22. The van der Waals surface area contributed by atoms with Crippen LogP contribution in [0.3, 0.4) is 0 Å². The molecular formula is C21H24N2O2. The van der Waals surface area contributed by atoms with Crippen molar-refractivity contribution in [1.82, 2.24) is 9.88 Å². The van der Waals surface area contributed by atoms with Gasteiger partial charge in [-0.25, -0.2) is 0 Å². The lowest BCUT2D eigenvalue weighted by atomic mass is 10.1. The van der Waals surface area contributed by atoms with E-state index in [0.29, 0.717) is 13.0 Å². The fraction of sp³-hybridized carbons (Fsp3) is 0.286. The Hall–Kier alpha value is -2.75. The van der Waals surface area contributed by atoms with E-state index in [1.54, 1.807) is 7.11 Å². The summed E-state index contributed by atoms with van der Waals surface area (Å²) in [6, 6.07) is 16.1. The topological polar surface area (TPSA) is 43.3 Å². The standard InChI is InChI=1S/C21H24N2O2/c1-23-15-17(18-10-4-5-11-19(18)23)9-7-13-21(24)22-14-16-8-3-6-12-20(16)25-2/h3-6,8,10-12,15H,7,9,13-14H2,1-2H3,(H,22,24). The van der Waals surface area contributed by atoms with Crippen LogP contribution in [-0.4, -0.2) is 17.6 Å². The molecule has 1 N–H and O–H groups in total. The Kier molecular flexibility index (Phi) is 5.39. The SMILES string of the molecule is COc1ccccc1CNC(=O)CCCc1cn(C)c2ccccc12. The number of aromatic nitrogens is 1. The highest BCUT2D eigenvalue weighted by Crippen LogP contribution is 2.22. The molecule has 0 saturated carbocycles. The number of carbonyl (C=O) groups is 1. The van der Waals surface area contributed by atoms with Crippen LogP contribution in [0.25, 0.3) is 10.9 Å². The normalized spacial score (nSPS) is 10.8. The molecule has 1 aromatic heterocycles. The molecule has 1 heterocycles. The monoisotopic (exact) mass is 336 g/mol. The third-order valence-corrected chi connectivity index (χ3v) is 4.50. The van der Waals surface area contributed by atoms with E-state index in [1.807, 2.05) is 24.3 Å². The van der Waals surface area contributed by atoms with Crippen LogP contribution in [0.2, 0.25) is 0 Å². The zero-order chi connectivity index (χ0) is 17.6. The fourth-order valence-corrected chi connectivity index (χ4v) is 3.20. The minimum absolute atomic E-state index is 0.0751. The smallest absolute Gasteiger partial charge is 0.220 e. The number of ether oxygens (including phenoxy) is 1. The van der Waals surface area contributed by atoms with Crippen LogP contribution in [0.1, 0.15) is 24.0 Å². The number of benzene rings is 2. The summed E-state index contributed by atoms with van der Waals surface area (Å²) in [7, 11) is 3.70. The second kappa shape index (κ2) is 7.88. The van der Waals surface area contributed by atoms with Crippen molar-refractivity contribution in [2.24, 2.45) is 7.05 Å². The van der Waals surface area contributed by atoms with Crippen molar-refractivity contribution < 1.29 is 9.53 Å². The maximum Gasteiger partial charge on any atom is 0.220 e. The number of rotatable bonds is 7. The first-order valence-corrected chi connectivity index (χ1v) is 8.60. The first-order chi connectivity index (χ1) is 12.2. The molecule has 0 aliphatic rings. The van der Waals surface area contributed by atoms with E-state index in [0.717, 1.165) is 24.2 Å². The Morgan fingerprint density at radius 2 is 1.84 bits per heavy atom. The van der Waals surface area contributed by atoms with Gasteiger partial charge in [0.1, 0.15) is 5.75 Å². The van der Waals surface area contributed by atoms with Crippen molar-refractivity contribution in [3.8, 4) is 5.75 Å². The van der Waals surface area contributed by atoms with Crippen LogP contribution in [0.15, 0.2) is 54.7 Å². The molecule has 130 valence electrons. The Bertz CT molecular complexity index is 867. The number of aryl methyl sites for hydroxylation is 2. The Morgan fingerprint density at radius 3 is 2.68 bits per heavy atom. The lowest BCUT2D eigenvalue weighted by Gasteiger charge is -2.09. The number of carbonyl (C=O) groups excluding carboxylic acids is 1. The lowest BCUT2D eigenvalue weighted by molar-refractivity contribution is -0.121. The Labute approximate surface area is 148 Å². The van der Waals surface area contributed by atoms with Gasteiger partial charge in [-0.1, -0.05) is 36.4 Å². The summed E-state index contributed by atoms with van der Waals surface area (Å²) >= 11 is 0. The molecule has 25 heavy (non-hydrogen) atoms. The Morgan fingerprint density at radius 1 is 1.08 bits per heavy atom. The van der Waals surface area contributed by atoms with Gasteiger partial charge in [-0.3, -0.25) is 4.79 Å². The zero-order valence-corrected chi connectivity index (χ0v) is 14.8. The summed E-state index contributed by atoms with van der Waals surface area (Å²) in [4.78, 5) is 12.1. The quantitative estimate of drug-likeness (QED) is 0.713. The first-order valence-electron chi connectivity index (χ1n) is 8.60. The number of nitrogens with zero attached hydrogens (tertiary/aromatic N) is 1. The van der Waals surface area contributed by atoms with Gasteiger partial charge >= 0.3 is 0 Å². The van der Waals surface area contributed by atoms with E-state index >= 15 is 0 Å². The second-order valence-electron chi connectivity index (χ2n) is 6.22. The summed E-state index contributed by atoms with van der Waals surface area (Å²) in [5, 5.41) is 4.26. The van der Waals surface area contributed by atoms with E-state index < -0.39 is 0 Å². The van der Waals surface area contributed by atoms with Gasteiger partial charge in [-0.2, -0.15) is 0 Å². The second-order valence-corrected chi connectivity index (χ2v) is 6.22. The van der Waals surface area contributed by atoms with Gasteiger partial charge < -0.3 is 14.6 Å². The molecule has 3 rings (SSSR count). The van der Waals surface area contributed by atoms with Gasteiger partial charge in [0, 0.05) is 42.7 Å². The third kappa shape index (κ3) is 4.02. The van der Waals surface area contributed by atoms with Crippen LogP contribution >= 0.6 is 0 Å². The predicted molar refractivity (Wildman–Crippen MR) is 101 cm³/mol. The van der Waals surface area contributed by atoms with Crippen molar-refractivity contribution in [3.05, 3.63) is 65.9 Å². The average molecular weight is 336 g/mol. The third-order valence-electron chi connectivity index (χ3n) is 4.50. The van der Waals surface area contributed by atoms with Gasteiger partial charge in [0.05, 0.1) is 7.11 Å². The largest absolute Gasteiger partial charge is 0.496 e. The van der Waals surface area contributed by atoms with Crippen LogP contribution in [-0.2, 0) is 24.8 Å². The van der Waals surface area contributed by atoms with Crippen molar-refractivity contribution in [2.75, 3.05) is 7.11 Å². The van der Waals surface area contributed by atoms with E-state index in [4.69, 9.17) is 4.74 Å². The molecule has 0 fully saturated rings. The molecule has 2 aromatic carbocycles. The summed E-state index contributed by atoms with van der Waals surface area (Å²) in [6.45, 7) is 0.497. The summed E-state index contributed by atoms with van der Waals surface area (Å²) in [5.74, 6) is 0.879. The molecule has 0 saturated heterocycles. The molecule has 1 amide bonds. The fourth-order valence-electron chi connectivity index (χ4n) is 3.20. The molecule has 4 heteroatoms. The number of fused-ring (bicyclic) bond motifs is 1. The molecule has 0 spiro atoms. The van der Waals surface area contributed by atoms with Gasteiger partial charge in [-0.05, 0) is 30.5 Å². The highest BCUT2D eigenvalue weighted by molar-refractivity contribution is 5.84. The summed E-state index contributed by atoms with van der Waals surface area (Å²) in [6.07, 6.45) is 4.44. The van der Waals surface area contributed by atoms with Gasteiger partial charge in [0.25, 0.3) is 0 Å². The van der Waals surface area contributed by atoms with Crippen LogP contribution in [0, 0.1) is 0 Å². The molecule has 0 aliphatic carbocycles. The molecule has 0 aliphatic heterocycles. The van der Waals surface area contributed by atoms with E-state index in [9.17, 15) is 4.79 Å². The summed E-state index contributed by atoms with van der Waals surface area (Å²) in [5.41, 5.74) is 3.53. The Balaban J connectivity index is 1.51. The molecule has 0 unspecified atom stereocenters. The van der Waals surface area contributed by atoms with Crippen molar-refractivity contribution in [3.63, 3.8) is 0 Å². The van der Waals surface area contributed by atoms with Gasteiger partial charge in [-0.15, -0.1) is 0 Å². The maximum atomic E-state index is 12.1. The highest BCUT2D eigenvalue weighted by atomic mass is 16.5. The highest BCUT2D eigenvalue weighted by Gasteiger charge is 2.08. The molecule has 3 aromatic rings. The number of hydrogen-bond donors (Lipinski definition) is 1. The predicted octanol–water partition coefficient (Wildman–Crippen LogP) is 3.83. The maximum absolute atomic E-state index is 12.1. The van der Waals surface area contributed by atoms with Crippen LogP contribution < -0.4 is 10.1 Å². The average Bonchev–Trinajstić information content (AvgIpc) is 2.96. The number of amides is 1. The molecule has 0 atom stereocenters. The number of methoxy groups -OCH3 is 1.